The van der Waals surface area contributed by atoms with Crippen LogP contribution in [0.2, 0.25) is 10.0 Å². The van der Waals surface area contributed by atoms with E-state index in [9.17, 15) is 18.3 Å². The molecule has 0 aliphatic heterocycles. The first-order valence-corrected chi connectivity index (χ1v) is 10.6. The van der Waals surface area contributed by atoms with E-state index in [-0.39, 0.29) is 32.8 Å². The Morgan fingerprint density at radius 1 is 0.931 bits per heavy atom. The van der Waals surface area contributed by atoms with Crippen molar-refractivity contribution in [2.75, 3.05) is 10.0 Å². The number of hydrogen-bond acceptors (Lipinski definition) is 4. The third-order valence-corrected chi connectivity index (χ3v) is 6.03. The van der Waals surface area contributed by atoms with E-state index in [1.807, 2.05) is 0 Å². The summed E-state index contributed by atoms with van der Waals surface area (Å²) in [5.74, 6) is -0.429. The molecule has 1 amide bonds. The lowest BCUT2D eigenvalue weighted by Crippen LogP contribution is -2.15. The van der Waals surface area contributed by atoms with Gasteiger partial charge in [0.15, 0.2) is 0 Å². The predicted octanol–water partition coefficient (Wildman–Crippen LogP) is 4.54. The van der Waals surface area contributed by atoms with Crippen molar-refractivity contribution in [3.8, 4) is 0 Å². The molecule has 3 aromatic carbocycles. The number of aliphatic hydroxyl groups is 1. The molecule has 0 radical (unpaired) electrons. The van der Waals surface area contributed by atoms with Crippen LogP contribution in [-0.2, 0) is 16.6 Å². The van der Waals surface area contributed by atoms with Crippen molar-refractivity contribution in [1.29, 1.82) is 0 Å². The van der Waals surface area contributed by atoms with Gasteiger partial charge in [0.05, 0.1) is 11.6 Å². The number of aliphatic hydroxyl groups excluding tert-OH is 1. The summed E-state index contributed by atoms with van der Waals surface area (Å²) in [6.07, 6.45) is 0. The van der Waals surface area contributed by atoms with Crippen LogP contribution >= 0.6 is 23.2 Å². The lowest BCUT2D eigenvalue weighted by Gasteiger charge is -2.11. The van der Waals surface area contributed by atoms with Crippen molar-refractivity contribution >= 4 is 50.5 Å². The van der Waals surface area contributed by atoms with E-state index in [1.54, 1.807) is 36.4 Å². The first kappa shape index (κ1) is 21.1. The molecule has 0 saturated heterocycles. The number of anilines is 2. The van der Waals surface area contributed by atoms with Gasteiger partial charge in [0, 0.05) is 22.0 Å². The van der Waals surface area contributed by atoms with Crippen molar-refractivity contribution in [2.24, 2.45) is 0 Å². The molecule has 0 aliphatic rings. The molecule has 0 unspecified atom stereocenters. The molecule has 0 aliphatic carbocycles. The Hall–Kier alpha value is -2.58. The molecule has 0 saturated carbocycles. The van der Waals surface area contributed by atoms with Gasteiger partial charge in [-0.05, 0) is 54.1 Å². The second kappa shape index (κ2) is 8.84. The fourth-order valence-corrected chi connectivity index (χ4v) is 4.38. The molecule has 150 valence electrons. The molecule has 0 spiro atoms. The average molecular weight is 451 g/mol. The van der Waals surface area contributed by atoms with Crippen LogP contribution in [0.4, 0.5) is 11.4 Å². The maximum absolute atomic E-state index is 12.6. The van der Waals surface area contributed by atoms with E-state index >= 15 is 0 Å². The fourth-order valence-electron chi connectivity index (χ4n) is 2.57. The zero-order chi connectivity index (χ0) is 21.0. The third-order valence-electron chi connectivity index (χ3n) is 3.93. The molecular weight excluding hydrogens is 435 g/mol. The first-order valence-electron chi connectivity index (χ1n) is 8.37. The van der Waals surface area contributed by atoms with Gasteiger partial charge >= 0.3 is 0 Å². The Morgan fingerprint density at radius 3 is 2.41 bits per heavy atom. The van der Waals surface area contributed by atoms with Crippen LogP contribution in [0.25, 0.3) is 0 Å². The van der Waals surface area contributed by atoms with Crippen molar-refractivity contribution in [3.05, 3.63) is 87.9 Å². The summed E-state index contributed by atoms with van der Waals surface area (Å²) in [7, 11) is -4.00. The maximum atomic E-state index is 12.6. The largest absolute Gasteiger partial charge is 0.392 e. The summed E-state index contributed by atoms with van der Waals surface area (Å²) in [4.78, 5) is 12.3. The quantitative estimate of drug-likeness (QED) is 0.513. The average Bonchev–Trinajstić information content (AvgIpc) is 2.69. The summed E-state index contributed by atoms with van der Waals surface area (Å²) in [6.45, 7) is -0.146. The van der Waals surface area contributed by atoms with Crippen molar-refractivity contribution in [3.63, 3.8) is 0 Å². The topological polar surface area (TPSA) is 95.5 Å². The van der Waals surface area contributed by atoms with Gasteiger partial charge < -0.3 is 10.4 Å². The van der Waals surface area contributed by atoms with E-state index in [0.717, 1.165) is 0 Å². The molecule has 0 aromatic heterocycles. The number of benzene rings is 3. The van der Waals surface area contributed by atoms with Gasteiger partial charge in [-0.25, -0.2) is 8.42 Å². The second-order valence-electron chi connectivity index (χ2n) is 6.07. The minimum Gasteiger partial charge on any atom is -0.392 e. The summed E-state index contributed by atoms with van der Waals surface area (Å²) in [5.41, 5.74) is 1.61. The summed E-state index contributed by atoms with van der Waals surface area (Å²) >= 11 is 11.9. The van der Waals surface area contributed by atoms with Crippen LogP contribution in [-0.4, -0.2) is 19.4 Å². The molecule has 9 heteroatoms. The number of nitrogens with one attached hydrogen (secondary N) is 2. The molecule has 29 heavy (non-hydrogen) atoms. The molecule has 0 fully saturated rings. The minimum atomic E-state index is -4.00. The second-order valence-corrected chi connectivity index (χ2v) is 8.57. The lowest BCUT2D eigenvalue weighted by molar-refractivity contribution is 0.102. The van der Waals surface area contributed by atoms with E-state index in [2.05, 4.69) is 10.0 Å². The molecule has 3 N–H and O–H groups in total. The molecule has 0 heterocycles. The Bertz CT molecular complexity index is 1170. The van der Waals surface area contributed by atoms with Gasteiger partial charge in [-0.3, -0.25) is 9.52 Å². The van der Waals surface area contributed by atoms with E-state index in [0.29, 0.717) is 11.3 Å². The zero-order valence-corrected chi connectivity index (χ0v) is 17.2. The number of carbonyl (C=O) groups is 1. The zero-order valence-electron chi connectivity index (χ0n) is 14.9. The van der Waals surface area contributed by atoms with Crippen molar-refractivity contribution < 1.29 is 18.3 Å². The molecule has 3 rings (SSSR count). The fraction of sp³-hybridized carbons (Fsp3) is 0.0500. The summed E-state index contributed by atoms with van der Waals surface area (Å²) in [6, 6.07) is 16.9. The first-order chi connectivity index (χ1) is 13.8. The number of hydrogen-bond donors (Lipinski definition) is 3. The Balaban J connectivity index is 1.81. The maximum Gasteiger partial charge on any atom is 0.263 e. The smallest absolute Gasteiger partial charge is 0.263 e. The number of sulfonamides is 1. The molecule has 0 bridgehead atoms. The number of rotatable bonds is 6. The van der Waals surface area contributed by atoms with Gasteiger partial charge in [0.1, 0.15) is 4.90 Å². The van der Waals surface area contributed by atoms with Gasteiger partial charge in [-0.1, -0.05) is 41.4 Å². The highest BCUT2D eigenvalue weighted by molar-refractivity contribution is 7.92. The van der Waals surface area contributed by atoms with Gasteiger partial charge in [0.2, 0.25) is 0 Å². The Kier molecular flexibility index (Phi) is 6.44. The van der Waals surface area contributed by atoms with Crippen LogP contribution in [0.5, 0.6) is 0 Å². The van der Waals surface area contributed by atoms with Crippen LogP contribution in [0.3, 0.4) is 0 Å². The van der Waals surface area contributed by atoms with E-state index in [4.69, 9.17) is 23.2 Å². The summed E-state index contributed by atoms with van der Waals surface area (Å²) in [5, 5.41) is 12.2. The molecule has 3 aromatic rings. The van der Waals surface area contributed by atoms with Crippen molar-refractivity contribution in [1.82, 2.24) is 0 Å². The predicted molar refractivity (Wildman–Crippen MR) is 114 cm³/mol. The van der Waals surface area contributed by atoms with Crippen molar-refractivity contribution in [2.45, 2.75) is 11.5 Å². The number of halogens is 2. The molecule has 0 atom stereocenters. The van der Waals surface area contributed by atoms with Crippen LogP contribution in [0.1, 0.15) is 15.9 Å². The highest BCUT2D eigenvalue weighted by Gasteiger charge is 2.19. The Labute approximate surface area is 178 Å². The molecule has 6 nitrogen and oxygen atoms in total. The highest BCUT2D eigenvalue weighted by atomic mass is 35.5. The van der Waals surface area contributed by atoms with Crippen LogP contribution < -0.4 is 10.0 Å². The number of amides is 1. The lowest BCUT2D eigenvalue weighted by atomic mass is 10.1. The highest BCUT2D eigenvalue weighted by Crippen LogP contribution is 2.27. The van der Waals surface area contributed by atoms with Crippen LogP contribution in [0, 0.1) is 0 Å². The minimum absolute atomic E-state index is 0.0274. The van der Waals surface area contributed by atoms with E-state index < -0.39 is 15.9 Å². The van der Waals surface area contributed by atoms with E-state index in [1.165, 1.54) is 30.3 Å². The third kappa shape index (κ3) is 5.27. The van der Waals surface area contributed by atoms with Gasteiger partial charge in [0.25, 0.3) is 15.9 Å². The standard InChI is InChI=1S/C20H16Cl2N2O4S/c21-15-7-8-18(22)19(11-15)29(27,28)24-17-6-2-4-14(10-17)20(26)23-16-5-1-3-13(9-16)12-25/h1-11,24-25H,12H2,(H,23,26). The molecular formula is C20H16Cl2N2O4S. The monoisotopic (exact) mass is 450 g/mol. The normalized spacial score (nSPS) is 11.1. The summed E-state index contributed by atoms with van der Waals surface area (Å²) < 4.78 is 27.7. The van der Waals surface area contributed by atoms with Gasteiger partial charge in [-0.2, -0.15) is 0 Å². The SMILES string of the molecule is O=C(Nc1cccc(CO)c1)c1cccc(NS(=O)(=O)c2cc(Cl)ccc2Cl)c1. The Morgan fingerprint density at radius 2 is 1.66 bits per heavy atom. The number of carbonyl (C=O) groups excluding carboxylic acids is 1. The van der Waals surface area contributed by atoms with Crippen LogP contribution in [0.15, 0.2) is 71.6 Å². The van der Waals surface area contributed by atoms with Gasteiger partial charge in [-0.15, -0.1) is 0 Å².